The lowest BCUT2D eigenvalue weighted by Gasteiger charge is -2.15. The van der Waals surface area contributed by atoms with E-state index in [1.54, 1.807) is 5.38 Å². The van der Waals surface area contributed by atoms with Crippen LogP contribution in [0.5, 0.6) is 0 Å². The fourth-order valence-electron chi connectivity index (χ4n) is 1.26. The molecular formula is C10H15NO4S. The Bertz CT molecular complexity index is 352. The van der Waals surface area contributed by atoms with E-state index < -0.39 is 18.2 Å². The summed E-state index contributed by atoms with van der Waals surface area (Å²) >= 11 is 1.17. The summed E-state index contributed by atoms with van der Waals surface area (Å²) in [5, 5.41) is 20.9. The molecule has 1 rings (SSSR count). The summed E-state index contributed by atoms with van der Waals surface area (Å²) in [6.45, 7) is 0.298. The van der Waals surface area contributed by atoms with Gasteiger partial charge in [0.15, 0.2) is 0 Å². The first-order valence-corrected chi connectivity index (χ1v) is 5.71. The number of nitrogens with two attached hydrogens (primary N) is 1. The Morgan fingerprint density at radius 3 is 2.88 bits per heavy atom. The van der Waals surface area contributed by atoms with Gasteiger partial charge in [-0.05, 0) is 30.0 Å². The zero-order valence-electron chi connectivity index (χ0n) is 8.92. The molecule has 1 heterocycles. The molecule has 4 N–H and O–H groups in total. The lowest BCUT2D eigenvalue weighted by atomic mass is 10.1. The maximum absolute atomic E-state index is 11.2. The Hall–Kier alpha value is -0.950. The van der Waals surface area contributed by atoms with E-state index in [4.69, 9.17) is 5.73 Å². The van der Waals surface area contributed by atoms with Crippen LogP contribution in [0, 0.1) is 0 Å². The molecular weight excluding hydrogens is 230 g/mol. The minimum atomic E-state index is -1.02. The van der Waals surface area contributed by atoms with Crippen molar-refractivity contribution in [2.45, 2.75) is 18.6 Å². The molecule has 0 aliphatic heterocycles. The van der Waals surface area contributed by atoms with E-state index in [1.807, 2.05) is 0 Å². The maximum atomic E-state index is 11.2. The summed E-state index contributed by atoms with van der Waals surface area (Å²) in [5.41, 5.74) is 5.78. The quantitative estimate of drug-likeness (QED) is 0.648. The monoisotopic (exact) mass is 245 g/mol. The fourth-order valence-corrected chi connectivity index (χ4v) is 2.12. The molecule has 0 aromatic carbocycles. The minimum absolute atomic E-state index is 0.298. The summed E-state index contributed by atoms with van der Waals surface area (Å²) in [6.07, 6.45) is -1.62. The molecule has 0 saturated heterocycles. The highest BCUT2D eigenvalue weighted by atomic mass is 32.1. The third kappa shape index (κ3) is 3.02. The number of carbonyl (C=O) groups excluding carboxylic acids is 1. The standard InChI is InChI=1S/C10H15NO4S/c1-15-10(14)8-4-6(5-16-8)9(13)7(12)2-3-11/h4-5,7,9,12-13H,2-3,11H2,1H3. The van der Waals surface area contributed by atoms with Crippen molar-refractivity contribution < 1.29 is 19.7 Å². The fraction of sp³-hybridized carbons (Fsp3) is 0.500. The normalized spacial score (nSPS) is 14.5. The van der Waals surface area contributed by atoms with Crippen LogP contribution in [-0.2, 0) is 4.74 Å². The van der Waals surface area contributed by atoms with E-state index in [2.05, 4.69) is 4.74 Å². The Labute approximate surface area is 97.5 Å². The number of rotatable bonds is 5. The van der Waals surface area contributed by atoms with Gasteiger partial charge in [0.05, 0.1) is 13.2 Å². The average molecular weight is 245 g/mol. The molecule has 90 valence electrons. The van der Waals surface area contributed by atoms with Crippen LogP contribution < -0.4 is 5.73 Å². The van der Waals surface area contributed by atoms with Gasteiger partial charge < -0.3 is 20.7 Å². The van der Waals surface area contributed by atoms with Gasteiger partial charge in [-0.2, -0.15) is 0 Å². The second-order valence-corrected chi connectivity index (χ2v) is 4.24. The highest BCUT2D eigenvalue weighted by Crippen LogP contribution is 2.24. The zero-order valence-corrected chi connectivity index (χ0v) is 9.74. The number of ether oxygens (including phenoxy) is 1. The van der Waals surface area contributed by atoms with Gasteiger partial charge in [0.25, 0.3) is 0 Å². The molecule has 2 unspecified atom stereocenters. The molecule has 0 bridgehead atoms. The second-order valence-electron chi connectivity index (χ2n) is 3.33. The van der Waals surface area contributed by atoms with Crippen LogP contribution in [0.1, 0.15) is 27.8 Å². The number of methoxy groups -OCH3 is 1. The van der Waals surface area contributed by atoms with Crippen molar-refractivity contribution in [3.63, 3.8) is 0 Å². The summed E-state index contributed by atoms with van der Waals surface area (Å²) in [4.78, 5) is 11.6. The van der Waals surface area contributed by atoms with Gasteiger partial charge in [0.1, 0.15) is 11.0 Å². The van der Waals surface area contributed by atoms with Crippen LogP contribution in [0.4, 0.5) is 0 Å². The first-order valence-electron chi connectivity index (χ1n) is 4.83. The lowest BCUT2D eigenvalue weighted by molar-refractivity contribution is 0.0152. The summed E-state index contributed by atoms with van der Waals surface area (Å²) < 4.78 is 4.54. The van der Waals surface area contributed by atoms with E-state index in [-0.39, 0.29) is 0 Å². The van der Waals surface area contributed by atoms with Gasteiger partial charge in [-0.15, -0.1) is 11.3 Å². The number of carbonyl (C=O) groups is 1. The highest BCUT2D eigenvalue weighted by Gasteiger charge is 2.20. The molecule has 6 heteroatoms. The Kier molecular flexibility index (Phi) is 4.88. The predicted octanol–water partition coefficient (Wildman–Crippen LogP) is 0.278. The SMILES string of the molecule is COC(=O)c1cc(C(O)C(O)CCN)cs1. The molecule has 0 spiro atoms. The van der Waals surface area contributed by atoms with Crippen molar-refractivity contribution in [3.05, 3.63) is 21.9 Å². The van der Waals surface area contributed by atoms with Gasteiger partial charge >= 0.3 is 5.97 Å². The number of esters is 1. The van der Waals surface area contributed by atoms with Gasteiger partial charge in [-0.3, -0.25) is 0 Å². The summed E-state index contributed by atoms with van der Waals surface area (Å²) in [5.74, 6) is -0.447. The smallest absolute Gasteiger partial charge is 0.348 e. The van der Waals surface area contributed by atoms with Gasteiger partial charge in [0, 0.05) is 0 Å². The van der Waals surface area contributed by atoms with Crippen LogP contribution in [0.25, 0.3) is 0 Å². The zero-order chi connectivity index (χ0) is 12.1. The van der Waals surface area contributed by atoms with Crippen molar-refractivity contribution in [2.75, 3.05) is 13.7 Å². The van der Waals surface area contributed by atoms with E-state index >= 15 is 0 Å². The van der Waals surface area contributed by atoms with E-state index in [0.717, 1.165) is 0 Å². The molecule has 0 amide bonds. The van der Waals surface area contributed by atoms with Crippen molar-refractivity contribution in [3.8, 4) is 0 Å². The summed E-state index contributed by atoms with van der Waals surface area (Å²) in [6, 6.07) is 1.51. The molecule has 1 aromatic rings. The van der Waals surface area contributed by atoms with Crippen molar-refractivity contribution in [2.24, 2.45) is 5.73 Å². The lowest BCUT2D eigenvalue weighted by Crippen LogP contribution is -2.21. The first-order chi connectivity index (χ1) is 7.60. The number of thiophene rings is 1. The van der Waals surface area contributed by atoms with E-state index in [9.17, 15) is 15.0 Å². The topological polar surface area (TPSA) is 92.8 Å². The Balaban J connectivity index is 2.73. The number of hydrogen-bond donors (Lipinski definition) is 3. The van der Waals surface area contributed by atoms with Gasteiger partial charge in [-0.25, -0.2) is 4.79 Å². The minimum Gasteiger partial charge on any atom is -0.465 e. The van der Waals surface area contributed by atoms with Crippen molar-refractivity contribution >= 4 is 17.3 Å². The molecule has 2 atom stereocenters. The molecule has 0 fully saturated rings. The third-order valence-corrected chi connectivity index (χ3v) is 3.10. The maximum Gasteiger partial charge on any atom is 0.348 e. The Morgan fingerprint density at radius 2 is 2.31 bits per heavy atom. The first kappa shape index (κ1) is 13.1. The summed E-state index contributed by atoms with van der Waals surface area (Å²) in [7, 11) is 1.29. The van der Waals surface area contributed by atoms with Crippen molar-refractivity contribution in [1.29, 1.82) is 0 Å². The van der Waals surface area contributed by atoms with Crippen LogP contribution >= 0.6 is 11.3 Å². The third-order valence-electron chi connectivity index (χ3n) is 2.17. The van der Waals surface area contributed by atoms with E-state index in [0.29, 0.717) is 23.4 Å². The average Bonchev–Trinajstić information content (AvgIpc) is 2.76. The second kappa shape index (κ2) is 5.95. The van der Waals surface area contributed by atoms with Gasteiger partial charge in [0.2, 0.25) is 0 Å². The molecule has 5 nitrogen and oxygen atoms in total. The predicted molar refractivity (Wildman–Crippen MR) is 60.3 cm³/mol. The molecule has 0 aliphatic carbocycles. The largest absolute Gasteiger partial charge is 0.465 e. The number of aliphatic hydroxyl groups is 2. The van der Waals surface area contributed by atoms with Crippen LogP contribution in [0.15, 0.2) is 11.4 Å². The number of hydrogen-bond acceptors (Lipinski definition) is 6. The number of aliphatic hydroxyl groups excluding tert-OH is 2. The Morgan fingerprint density at radius 1 is 1.62 bits per heavy atom. The molecule has 0 saturated carbocycles. The molecule has 16 heavy (non-hydrogen) atoms. The van der Waals surface area contributed by atoms with Gasteiger partial charge in [-0.1, -0.05) is 0 Å². The highest BCUT2D eigenvalue weighted by molar-refractivity contribution is 7.12. The molecule has 0 aliphatic rings. The van der Waals surface area contributed by atoms with Crippen LogP contribution in [0.2, 0.25) is 0 Å². The molecule has 1 aromatic heterocycles. The van der Waals surface area contributed by atoms with E-state index in [1.165, 1.54) is 24.5 Å². The van der Waals surface area contributed by atoms with Crippen molar-refractivity contribution in [1.82, 2.24) is 0 Å². The van der Waals surface area contributed by atoms with Crippen LogP contribution in [-0.4, -0.2) is 35.9 Å². The van der Waals surface area contributed by atoms with Crippen LogP contribution in [0.3, 0.4) is 0 Å². The molecule has 0 radical (unpaired) electrons.